The van der Waals surface area contributed by atoms with Crippen molar-refractivity contribution in [1.82, 2.24) is 10.6 Å². The lowest BCUT2D eigenvalue weighted by Gasteiger charge is -2.30. The molecule has 0 saturated carbocycles. The minimum absolute atomic E-state index is 0.326. The Morgan fingerprint density at radius 1 is 1.04 bits per heavy atom. The summed E-state index contributed by atoms with van der Waals surface area (Å²) in [6.45, 7) is 6.70. The van der Waals surface area contributed by atoms with Gasteiger partial charge in [0.2, 0.25) is 5.91 Å². The summed E-state index contributed by atoms with van der Waals surface area (Å²) in [6, 6.07) is 7.48. The molecule has 1 aromatic carbocycles. The fourth-order valence-corrected chi connectivity index (χ4v) is 1.89. The van der Waals surface area contributed by atoms with Gasteiger partial charge in [-0.1, -0.05) is 18.2 Å². The topological polar surface area (TPSA) is 84.5 Å². The summed E-state index contributed by atoms with van der Waals surface area (Å²) in [4.78, 5) is 36.0. The molecule has 0 radical (unpaired) electrons. The van der Waals surface area contributed by atoms with Gasteiger partial charge >= 0.3 is 5.97 Å². The maximum atomic E-state index is 12.2. The zero-order chi connectivity index (χ0) is 17.6. The van der Waals surface area contributed by atoms with E-state index in [9.17, 15) is 14.4 Å². The standard InChI is InChI=1S/C17H24N2O4/c1-11(18-15(21)13-9-7-6-8-10-13)14(20)19-12(2)17(3,4)16(22)23-5/h6-12H,1-5H3,(H,18,21)(H,19,20)/t11-,12+/m0/s1. The predicted molar refractivity (Wildman–Crippen MR) is 86.8 cm³/mol. The van der Waals surface area contributed by atoms with Crippen molar-refractivity contribution in [3.05, 3.63) is 35.9 Å². The Bertz CT molecular complexity index is 569. The molecular weight excluding hydrogens is 296 g/mol. The molecule has 2 amide bonds. The maximum absolute atomic E-state index is 12.2. The smallest absolute Gasteiger partial charge is 0.313 e. The van der Waals surface area contributed by atoms with Gasteiger partial charge in [-0.3, -0.25) is 14.4 Å². The SMILES string of the molecule is COC(=O)C(C)(C)[C@@H](C)NC(=O)[C@H](C)NC(=O)c1ccccc1. The number of carbonyl (C=O) groups is 3. The molecule has 0 saturated heterocycles. The largest absolute Gasteiger partial charge is 0.469 e. The van der Waals surface area contributed by atoms with Crippen LogP contribution in [0.1, 0.15) is 38.1 Å². The molecule has 0 aliphatic rings. The first kappa shape index (κ1) is 18.7. The Balaban J connectivity index is 2.64. The molecule has 2 atom stereocenters. The minimum Gasteiger partial charge on any atom is -0.469 e. The lowest BCUT2D eigenvalue weighted by Crippen LogP contribution is -2.53. The normalized spacial score (nSPS) is 13.6. The first-order valence-corrected chi connectivity index (χ1v) is 7.44. The van der Waals surface area contributed by atoms with Crippen molar-refractivity contribution < 1.29 is 19.1 Å². The molecule has 0 aliphatic heterocycles. The van der Waals surface area contributed by atoms with Gasteiger partial charge in [-0.05, 0) is 39.8 Å². The van der Waals surface area contributed by atoms with Gasteiger partial charge in [0.15, 0.2) is 0 Å². The molecule has 6 nitrogen and oxygen atoms in total. The number of hydrogen-bond acceptors (Lipinski definition) is 4. The predicted octanol–water partition coefficient (Wildman–Crippen LogP) is 1.51. The molecule has 0 heterocycles. The third-order valence-corrected chi connectivity index (χ3v) is 3.93. The summed E-state index contributed by atoms with van der Waals surface area (Å²) in [5.74, 6) is -1.10. The fourth-order valence-electron chi connectivity index (χ4n) is 1.89. The van der Waals surface area contributed by atoms with Crippen molar-refractivity contribution >= 4 is 17.8 Å². The van der Waals surface area contributed by atoms with Crippen LogP contribution in [0.4, 0.5) is 0 Å². The van der Waals surface area contributed by atoms with Gasteiger partial charge < -0.3 is 15.4 Å². The van der Waals surface area contributed by atoms with Crippen LogP contribution in [0.2, 0.25) is 0 Å². The van der Waals surface area contributed by atoms with E-state index in [1.807, 2.05) is 6.07 Å². The molecule has 0 bridgehead atoms. The molecule has 0 spiro atoms. The van der Waals surface area contributed by atoms with Crippen LogP contribution in [-0.4, -0.2) is 37.0 Å². The second-order valence-electron chi connectivity index (χ2n) is 6.00. The van der Waals surface area contributed by atoms with E-state index in [0.717, 1.165) is 0 Å². The van der Waals surface area contributed by atoms with Crippen molar-refractivity contribution in [2.45, 2.75) is 39.8 Å². The molecule has 0 unspecified atom stereocenters. The van der Waals surface area contributed by atoms with E-state index in [1.54, 1.807) is 52.0 Å². The average Bonchev–Trinajstić information content (AvgIpc) is 2.54. The van der Waals surface area contributed by atoms with E-state index in [4.69, 9.17) is 4.74 Å². The van der Waals surface area contributed by atoms with Crippen LogP contribution in [0.15, 0.2) is 30.3 Å². The van der Waals surface area contributed by atoms with E-state index in [0.29, 0.717) is 5.56 Å². The number of hydrogen-bond donors (Lipinski definition) is 2. The van der Waals surface area contributed by atoms with Gasteiger partial charge in [0.1, 0.15) is 6.04 Å². The number of nitrogens with one attached hydrogen (secondary N) is 2. The number of rotatable bonds is 6. The zero-order valence-electron chi connectivity index (χ0n) is 14.2. The van der Waals surface area contributed by atoms with Crippen LogP contribution >= 0.6 is 0 Å². The Hall–Kier alpha value is -2.37. The lowest BCUT2D eigenvalue weighted by atomic mass is 9.85. The first-order valence-electron chi connectivity index (χ1n) is 7.44. The van der Waals surface area contributed by atoms with Crippen molar-refractivity contribution in [2.24, 2.45) is 5.41 Å². The van der Waals surface area contributed by atoms with Crippen LogP contribution in [0.25, 0.3) is 0 Å². The molecule has 0 aliphatic carbocycles. The highest BCUT2D eigenvalue weighted by Gasteiger charge is 2.36. The third kappa shape index (κ3) is 4.81. The number of benzene rings is 1. The van der Waals surface area contributed by atoms with Crippen molar-refractivity contribution in [1.29, 1.82) is 0 Å². The van der Waals surface area contributed by atoms with Crippen LogP contribution < -0.4 is 10.6 Å². The number of methoxy groups -OCH3 is 1. The third-order valence-electron chi connectivity index (χ3n) is 3.93. The highest BCUT2D eigenvalue weighted by atomic mass is 16.5. The molecule has 1 aromatic rings. The van der Waals surface area contributed by atoms with E-state index in [2.05, 4.69) is 10.6 Å². The Morgan fingerprint density at radius 3 is 2.13 bits per heavy atom. The molecule has 1 rings (SSSR count). The Kier molecular flexibility index (Phi) is 6.30. The van der Waals surface area contributed by atoms with Crippen molar-refractivity contribution in [3.63, 3.8) is 0 Å². The summed E-state index contributed by atoms with van der Waals surface area (Å²) in [5, 5.41) is 5.37. The van der Waals surface area contributed by atoms with Gasteiger partial charge in [0.25, 0.3) is 5.91 Å². The van der Waals surface area contributed by atoms with Crippen LogP contribution in [0, 0.1) is 5.41 Å². The van der Waals surface area contributed by atoms with E-state index < -0.39 is 23.5 Å². The molecule has 0 aromatic heterocycles. The Labute approximate surface area is 136 Å². The summed E-state index contributed by atoms with van der Waals surface area (Å²) in [7, 11) is 1.31. The molecular formula is C17H24N2O4. The van der Waals surface area contributed by atoms with E-state index >= 15 is 0 Å². The van der Waals surface area contributed by atoms with E-state index in [-0.39, 0.29) is 11.8 Å². The second kappa shape index (κ2) is 7.76. The van der Waals surface area contributed by atoms with Crippen LogP contribution in [0.5, 0.6) is 0 Å². The van der Waals surface area contributed by atoms with Gasteiger partial charge in [-0.15, -0.1) is 0 Å². The van der Waals surface area contributed by atoms with E-state index in [1.165, 1.54) is 7.11 Å². The maximum Gasteiger partial charge on any atom is 0.313 e. The summed E-state index contributed by atoms with van der Waals surface area (Å²) in [5.41, 5.74) is -0.386. The molecule has 126 valence electrons. The minimum atomic E-state index is -0.867. The summed E-state index contributed by atoms with van der Waals surface area (Å²) in [6.07, 6.45) is 0. The van der Waals surface area contributed by atoms with Gasteiger partial charge in [-0.25, -0.2) is 0 Å². The highest BCUT2D eigenvalue weighted by Crippen LogP contribution is 2.22. The van der Waals surface area contributed by atoms with Gasteiger partial charge in [-0.2, -0.15) is 0 Å². The van der Waals surface area contributed by atoms with Crippen LogP contribution in [-0.2, 0) is 14.3 Å². The number of ether oxygens (including phenoxy) is 1. The van der Waals surface area contributed by atoms with Gasteiger partial charge in [0.05, 0.1) is 12.5 Å². The quantitative estimate of drug-likeness (QED) is 0.778. The van der Waals surface area contributed by atoms with Crippen molar-refractivity contribution in [3.8, 4) is 0 Å². The second-order valence-corrected chi connectivity index (χ2v) is 6.00. The summed E-state index contributed by atoms with van der Waals surface area (Å²) < 4.78 is 4.74. The number of esters is 1. The highest BCUT2D eigenvalue weighted by molar-refractivity contribution is 5.97. The van der Waals surface area contributed by atoms with Crippen molar-refractivity contribution in [2.75, 3.05) is 7.11 Å². The molecule has 2 N–H and O–H groups in total. The lowest BCUT2D eigenvalue weighted by molar-refractivity contribution is -0.152. The first-order chi connectivity index (χ1) is 10.7. The zero-order valence-corrected chi connectivity index (χ0v) is 14.2. The average molecular weight is 320 g/mol. The molecule has 6 heteroatoms. The molecule has 23 heavy (non-hydrogen) atoms. The van der Waals surface area contributed by atoms with Gasteiger partial charge in [0, 0.05) is 11.6 Å². The molecule has 0 fully saturated rings. The number of carbonyl (C=O) groups excluding carboxylic acids is 3. The van der Waals surface area contributed by atoms with Crippen LogP contribution in [0.3, 0.4) is 0 Å². The Morgan fingerprint density at radius 2 is 1.61 bits per heavy atom. The monoisotopic (exact) mass is 320 g/mol. The fraction of sp³-hybridized carbons (Fsp3) is 0.471. The summed E-state index contributed by atoms with van der Waals surface area (Å²) >= 11 is 0. The number of amides is 2.